The van der Waals surface area contributed by atoms with Crippen LogP contribution in [0, 0.1) is 0 Å². The van der Waals surface area contributed by atoms with Crippen molar-refractivity contribution in [2.75, 3.05) is 41.0 Å². The molecule has 30 heavy (non-hydrogen) atoms. The fourth-order valence-corrected chi connectivity index (χ4v) is 3.32. The first-order valence-corrected chi connectivity index (χ1v) is 9.87. The van der Waals surface area contributed by atoms with E-state index in [1.165, 1.54) is 26.4 Å². The van der Waals surface area contributed by atoms with Crippen molar-refractivity contribution in [3.63, 3.8) is 0 Å². The Morgan fingerprint density at radius 1 is 1.03 bits per heavy atom. The van der Waals surface area contributed by atoms with Gasteiger partial charge in [0.05, 0.1) is 33.5 Å². The molecule has 0 unspecified atom stereocenters. The molecule has 1 aliphatic heterocycles. The van der Waals surface area contributed by atoms with Crippen molar-refractivity contribution in [1.29, 1.82) is 0 Å². The van der Waals surface area contributed by atoms with Gasteiger partial charge in [-0.2, -0.15) is 0 Å². The summed E-state index contributed by atoms with van der Waals surface area (Å²) in [6, 6.07) is 9.17. The molecule has 1 fully saturated rings. The van der Waals surface area contributed by atoms with Gasteiger partial charge in [-0.15, -0.1) is 0 Å². The van der Waals surface area contributed by atoms with Gasteiger partial charge < -0.3 is 24.7 Å². The van der Waals surface area contributed by atoms with Crippen molar-refractivity contribution >= 4 is 5.91 Å². The largest absolute Gasteiger partial charge is 0.492 e. The van der Waals surface area contributed by atoms with Gasteiger partial charge in [-0.05, 0) is 43.5 Å². The molecule has 2 aromatic rings. The lowest BCUT2D eigenvalue weighted by molar-refractivity contribution is -0.144. The quantitative estimate of drug-likeness (QED) is 0.706. The van der Waals surface area contributed by atoms with Gasteiger partial charge in [-0.25, -0.2) is 5.06 Å². The van der Waals surface area contributed by atoms with E-state index >= 15 is 0 Å². The van der Waals surface area contributed by atoms with E-state index in [-0.39, 0.29) is 23.0 Å². The van der Waals surface area contributed by atoms with E-state index in [4.69, 9.17) is 29.5 Å². The summed E-state index contributed by atoms with van der Waals surface area (Å²) in [6.45, 7) is 1.59. The summed E-state index contributed by atoms with van der Waals surface area (Å²) in [6.07, 6.45) is 2.58. The minimum Gasteiger partial charge on any atom is -0.492 e. The minimum absolute atomic E-state index is 0.263. The standard InChI is InChI=1S/C22H28N2O6/c1-26-19-17(22(25)24-12-4-5-13-29-24)14-18(20(27-2)21(19)28-3)30-16-8-6-15(7-9-16)10-11-23/h6-9,14H,4-5,10-13,23H2,1-3H3. The Balaban J connectivity index is 2.01. The molecule has 1 saturated heterocycles. The lowest BCUT2D eigenvalue weighted by Crippen LogP contribution is -2.36. The predicted molar refractivity (Wildman–Crippen MR) is 112 cm³/mol. The zero-order chi connectivity index (χ0) is 21.5. The van der Waals surface area contributed by atoms with Crippen LogP contribution >= 0.6 is 0 Å². The Labute approximate surface area is 176 Å². The lowest BCUT2D eigenvalue weighted by Gasteiger charge is -2.27. The third kappa shape index (κ3) is 4.60. The van der Waals surface area contributed by atoms with Crippen LogP contribution in [-0.2, 0) is 11.3 Å². The number of rotatable bonds is 8. The number of hydrogen-bond donors (Lipinski definition) is 1. The zero-order valence-electron chi connectivity index (χ0n) is 17.6. The number of carbonyl (C=O) groups excluding carboxylic acids is 1. The maximum absolute atomic E-state index is 13.1. The van der Waals surface area contributed by atoms with E-state index in [0.29, 0.717) is 36.9 Å². The Morgan fingerprint density at radius 2 is 1.73 bits per heavy atom. The van der Waals surface area contributed by atoms with Crippen molar-refractivity contribution in [2.24, 2.45) is 5.73 Å². The number of carbonyl (C=O) groups is 1. The predicted octanol–water partition coefficient (Wildman–Crippen LogP) is 3.17. The summed E-state index contributed by atoms with van der Waals surface area (Å²) in [5.41, 5.74) is 6.99. The number of methoxy groups -OCH3 is 3. The number of amides is 1. The van der Waals surface area contributed by atoms with Gasteiger partial charge in [0.15, 0.2) is 11.5 Å². The fraction of sp³-hybridized carbons (Fsp3) is 0.409. The van der Waals surface area contributed by atoms with Crippen LogP contribution in [0.3, 0.4) is 0 Å². The highest BCUT2D eigenvalue weighted by Crippen LogP contribution is 2.48. The Hall–Kier alpha value is -2.97. The second-order valence-electron chi connectivity index (χ2n) is 6.75. The van der Waals surface area contributed by atoms with Crippen molar-refractivity contribution in [3.05, 3.63) is 41.5 Å². The van der Waals surface area contributed by atoms with Gasteiger partial charge in [0.1, 0.15) is 5.75 Å². The molecular formula is C22H28N2O6. The van der Waals surface area contributed by atoms with Crippen LogP contribution in [0.25, 0.3) is 0 Å². The third-order valence-corrected chi connectivity index (χ3v) is 4.81. The van der Waals surface area contributed by atoms with Crippen LogP contribution in [0.1, 0.15) is 28.8 Å². The van der Waals surface area contributed by atoms with Gasteiger partial charge in [0, 0.05) is 12.6 Å². The van der Waals surface area contributed by atoms with E-state index < -0.39 is 0 Å². The number of hydrogen-bond acceptors (Lipinski definition) is 7. The molecule has 3 rings (SSSR count). The number of hydroxylamine groups is 2. The summed E-state index contributed by atoms with van der Waals surface area (Å²) < 4.78 is 22.6. The lowest BCUT2D eigenvalue weighted by atomic mass is 10.1. The first-order chi connectivity index (χ1) is 14.6. The molecule has 8 nitrogen and oxygen atoms in total. The molecule has 0 radical (unpaired) electrons. The Morgan fingerprint density at radius 3 is 2.30 bits per heavy atom. The topological polar surface area (TPSA) is 92.5 Å². The molecule has 2 aromatic carbocycles. The summed E-state index contributed by atoms with van der Waals surface area (Å²) >= 11 is 0. The zero-order valence-corrected chi connectivity index (χ0v) is 17.6. The molecule has 8 heteroatoms. The molecule has 0 saturated carbocycles. The molecule has 1 amide bonds. The van der Waals surface area contributed by atoms with Crippen molar-refractivity contribution in [2.45, 2.75) is 19.3 Å². The molecule has 0 aliphatic carbocycles. The Bertz CT molecular complexity index is 863. The summed E-state index contributed by atoms with van der Waals surface area (Å²) in [7, 11) is 4.46. The maximum atomic E-state index is 13.1. The van der Waals surface area contributed by atoms with E-state index in [1.807, 2.05) is 24.3 Å². The summed E-state index contributed by atoms with van der Waals surface area (Å²) in [4.78, 5) is 18.6. The van der Waals surface area contributed by atoms with Crippen LogP contribution in [0.5, 0.6) is 28.7 Å². The molecular weight excluding hydrogens is 388 g/mol. The Kier molecular flexibility index (Phi) is 7.37. The molecule has 1 heterocycles. The normalized spacial score (nSPS) is 13.7. The second kappa shape index (κ2) is 10.2. The summed E-state index contributed by atoms with van der Waals surface area (Å²) in [5.74, 6) is 1.47. The van der Waals surface area contributed by atoms with Gasteiger partial charge in [0.2, 0.25) is 11.5 Å². The highest BCUT2D eigenvalue weighted by atomic mass is 16.7. The molecule has 162 valence electrons. The number of ether oxygens (including phenoxy) is 4. The van der Waals surface area contributed by atoms with E-state index in [0.717, 1.165) is 24.8 Å². The smallest absolute Gasteiger partial charge is 0.281 e. The van der Waals surface area contributed by atoms with E-state index in [2.05, 4.69) is 0 Å². The second-order valence-corrected chi connectivity index (χ2v) is 6.75. The SMILES string of the molecule is COc1c(Oc2ccc(CCN)cc2)cc(C(=O)N2CCCCO2)c(OC)c1OC. The molecule has 0 bridgehead atoms. The van der Waals surface area contributed by atoms with Crippen LogP contribution in [0.4, 0.5) is 0 Å². The third-order valence-electron chi connectivity index (χ3n) is 4.81. The molecule has 1 aliphatic rings. The van der Waals surface area contributed by atoms with Crippen LogP contribution in [0.2, 0.25) is 0 Å². The molecule has 0 spiro atoms. The highest BCUT2D eigenvalue weighted by Gasteiger charge is 2.29. The van der Waals surface area contributed by atoms with Gasteiger partial charge in [0.25, 0.3) is 5.91 Å². The van der Waals surface area contributed by atoms with E-state index in [1.54, 1.807) is 6.07 Å². The van der Waals surface area contributed by atoms with Crippen molar-refractivity contribution in [1.82, 2.24) is 5.06 Å². The minimum atomic E-state index is -0.323. The molecule has 0 atom stereocenters. The number of benzene rings is 2. The first-order valence-electron chi connectivity index (χ1n) is 9.87. The molecule has 2 N–H and O–H groups in total. The average Bonchev–Trinajstić information content (AvgIpc) is 2.79. The monoisotopic (exact) mass is 416 g/mol. The molecule has 0 aromatic heterocycles. The van der Waals surface area contributed by atoms with Gasteiger partial charge in [-0.1, -0.05) is 12.1 Å². The van der Waals surface area contributed by atoms with Crippen molar-refractivity contribution < 1.29 is 28.6 Å². The number of nitrogens with two attached hydrogens (primary N) is 1. The maximum Gasteiger partial charge on any atom is 0.281 e. The van der Waals surface area contributed by atoms with Crippen LogP contribution < -0.4 is 24.7 Å². The highest BCUT2D eigenvalue weighted by molar-refractivity contribution is 5.98. The fourth-order valence-electron chi connectivity index (χ4n) is 3.32. The first kappa shape index (κ1) is 21.7. The average molecular weight is 416 g/mol. The van der Waals surface area contributed by atoms with Gasteiger partial charge >= 0.3 is 0 Å². The number of nitrogens with zero attached hydrogens (tertiary/aromatic N) is 1. The van der Waals surface area contributed by atoms with Crippen LogP contribution in [-0.4, -0.2) is 52.0 Å². The summed E-state index contributed by atoms with van der Waals surface area (Å²) in [5, 5.41) is 1.35. The van der Waals surface area contributed by atoms with Crippen molar-refractivity contribution in [3.8, 4) is 28.7 Å². The van der Waals surface area contributed by atoms with E-state index in [9.17, 15) is 4.79 Å². The van der Waals surface area contributed by atoms with Crippen LogP contribution in [0.15, 0.2) is 30.3 Å². The van der Waals surface area contributed by atoms with Gasteiger partial charge in [-0.3, -0.25) is 9.63 Å².